The highest BCUT2D eigenvalue weighted by atomic mass is 32.2. The molecule has 2 rings (SSSR count). The predicted molar refractivity (Wildman–Crippen MR) is 88.6 cm³/mol. The summed E-state index contributed by atoms with van der Waals surface area (Å²) < 4.78 is 23.3. The fraction of sp³-hybridized carbons (Fsp3) is 0.600. The van der Waals surface area contributed by atoms with Gasteiger partial charge in [0.1, 0.15) is 0 Å². The Morgan fingerprint density at radius 2 is 2.27 bits per heavy atom. The van der Waals surface area contributed by atoms with Crippen molar-refractivity contribution in [3.05, 3.63) is 24.4 Å². The zero-order valence-electron chi connectivity index (χ0n) is 12.8. The first kappa shape index (κ1) is 17.3. The number of carbonyl (C=O) groups is 1. The minimum atomic E-state index is -2.98. The molecule has 1 aliphatic rings. The van der Waals surface area contributed by atoms with E-state index in [2.05, 4.69) is 11.9 Å². The summed E-state index contributed by atoms with van der Waals surface area (Å²) >= 11 is 1.40. The Hall–Kier alpha value is -1.08. The highest BCUT2D eigenvalue weighted by Crippen LogP contribution is 2.21. The maximum Gasteiger partial charge on any atom is 0.233 e. The van der Waals surface area contributed by atoms with Crippen molar-refractivity contribution in [1.29, 1.82) is 0 Å². The van der Waals surface area contributed by atoms with Gasteiger partial charge in [0.2, 0.25) is 5.91 Å². The molecule has 2 heterocycles. The number of rotatable bonds is 7. The SMILES string of the molecule is CCCCN(C(=O)CSc1ccccn1)C1CCS(=O)(=O)C1. The number of hydrogen-bond acceptors (Lipinski definition) is 5. The van der Waals surface area contributed by atoms with E-state index in [9.17, 15) is 13.2 Å². The van der Waals surface area contributed by atoms with Gasteiger partial charge in [0.05, 0.1) is 22.3 Å². The van der Waals surface area contributed by atoms with Crippen LogP contribution in [-0.2, 0) is 14.6 Å². The second-order valence-corrected chi connectivity index (χ2v) is 8.68. The van der Waals surface area contributed by atoms with Gasteiger partial charge in [-0.15, -0.1) is 0 Å². The molecule has 1 saturated heterocycles. The van der Waals surface area contributed by atoms with E-state index in [-0.39, 0.29) is 23.5 Å². The molecule has 7 heteroatoms. The van der Waals surface area contributed by atoms with Gasteiger partial charge in [-0.25, -0.2) is 13.4 Å². The number of nitrogens with zero attached hydrogens (tertiary/aromatic N) is 2. The summed E-state index contributed by atoms with van der Waals surface area (Å²) in [5, 5.41) is 0.810. The van der Waals surface area contributed by atoms with E-state index in [1.807, 2.05) is 18.2 Å². The molecule has 0 bridgehead atoms. The van der Waals surface area contributed by atoms with E-state index in [1.54, 1.807) is 11.1 Å². The van der Waals surface area contributed by atoms with Crippen LogP contribution < -0.4 is 0 Å². The number of aromatic nitrogens is 1. The van der Waals surface area contributed by atoms with Gasteiger partial charge >= 0.3 is 0 Å². The van der Waals surface area contributed by atoms with E-state index in [1.165, 1.54) is 11.8 Å². The molecule has 0 radical (unpaired) electrons. The molecule has 1 unspecified atom stereocenters. The first-order chi connectivity index (χ1) is 10.5. The van der Waals surface area contributed by atoms with Gasteiger partial charge < -0.3 is 4.90 Å². The molecule has 1 atom stereocenters. The van der Waals surface area contributed by atoms with Gasteiger partial charge in [-0.1, -0.05) is 31.2 Å². The lowest BCUT2D eigenvalue weighted by molar-refractivity contribution is -0.130. The van der Waals surface area contributed by atoms with Crippen LogP contribution in [0, 0.1) is 0 Å². The second-order valence-electron chi connectivity index (χ2n) is 5.45. The van der Waals surface area contributed by atoms with Crippen molar-refractivity contribution < 1.29 is 13.2 Å². The van der Waals surface area contributed by atoms with Crippen molar-refractivity contribution in [2.75, 3.05) is 23.8 Å². The largest absolute Gasteiger partial charge is 0.338 e. The summed E-state index contributed by atoms with van der Waals surface area (Å²) in [5.74, 6) is 0.612. The standard InChI is InChI=1S/C15H22N2O3S2/c1-2-3-9-17(13-7-10-22(19,20)12-13)15(18)11-21-14-6-4-5-8-16-14/h4-6,8,13H,2-3,7,9-12H2,1H3. The summed E-state index contributed by atoms with van der Waals surface area (Å²) in [5.41, 5.74) is 0. The first-order valence-corrected chi connectivity index (χ1v) is 10.4. The van der Waals surface area contributed by atoms with E-state index in [4.69, 9.17) is 0 Å². The van der Waals surface area contributed by atoms with Gasteiger partial charge in [0, 0.05) is 18.8 Å². The fourth-order valence-electron chi connectivity index (χ4n) is 2.51. The quantitative estimate of drug-likeness (QED) is 0.709. The van der Waals surface area contributed by atoms with Crippen LogP contribution in [0.1, 0.15) is 26.2 Å². The van der Waals surface area contributed by atoms with Crippen LogP contribution in [0.4, 0.5) is 0 Å². The van der Waals surface area contributed by atoms with Crippen molar-refractivity contribution in [2.24, 2.45) is 0 Å². The lowest BCUT2D eigenvalue weighted by atomic mass is 10.2. The zero-order chi connectivity index (χ0) is 16.0. The number of sulfone groups is 1. The molecule has 1 amide bonds. The van der Waals surface area contributed by atoms with Crippen LogP contribution in [-0.4, -0.2) is 54.1 Å². The minimum Gasteiger partial charge on any atom is -0.338 e. The Kier molecular flexibility index (Phi) is 6.26. The molecule has 0 aromatic carbocycles. The number of hydrogen-bond donors (Lipinski definition) is 0. The molecular formula is C15H22N2O3S2. The number of carbonyl (C=O) groups excluding carboxylic acids is 1. The van der Waals surface area contributed by atoms with Crippen molar-refractivity contribution in [3.8, 4) is 0 Å². The molecule has 1 aromatic heterocycles. The lowest BCUT2D eigenvalue weighted by Crippen LogP contribution is -2.42. The molecule has 22 heavy (non-hydrogen) atoms. The molecule has 0 spiro atoms. The summed E-state index contributed by atoms with van der Waals surface area (Å²) in [6.07, 6.45) is 4.14. The van der Waals surface area contributed by atoms with Crippen LogP contribution in [0.5, 0.6) is 0 Å². The number of pyridine rings is 1. The van der Waals surface area contributed by atoms with Crippen LogP contribution in [0.15, 0.2) is 29.4 Å². The van der Waals surface area contributed by atoms with Crippen molar-refractivity contribution in [1.82, 2.24) is 9.88 Å². The van der Waals surface area contributed by atoms with Gasteiger partial charge in [0.25, 0.3) is 0 Å². The predicted octanol–water partition coefficient (Wildman–Crippen LogP) is 1.99. The van der Waals surface area contributed by atoms with Gasteiger partial charge in [-0.2, -0.15) is 0 Å². The maximum atomic E-state index is 12.5. The van der Waals surface area contributed by atoms with E-state index >= 15 is 0 Å². The van der Waals surface area contributed by atoms with Crippen LogP contribution >= 0.6 is 11.8 Å². The average Bonchev–Trinajstić information content (AvgIpc) is 2.86. The smallest absolute Gasteiger partial charge is 0.233 e. The Bertz CT molecular complexity index is 590. The zero-order valence-corrected chi connectivity index (χ0v) is 14.4. The highest BCUT2D eigenvalue weighted by molar-refractivity contribution is 7.99. The third-order valence-electron chi connectivity index (χ3n) is 3.70. The highest BCUT2D eigenvalue weighted by Gasteiger charge is 2.34. The van der Waals surface area contributed by atoms with Crippen LogP contribution in [0.2, 0.25) is 0 Å². The van der Waals surface area contributed by atoms with Gasteiger partial charge in [0.15, 0.2) is 9.84 Å². The number of thioether (sulfide) groups is 1. The van der Waals surface area contributed by atoms with Gasteiger partial charge in [-0.05, 0) is 25.0 Å². The summed E-state index contributed by atoms with van der Waals surface area (Å²) in [6, 6.07) is 5.43. The van der Waals surface area contributed by atoms with E-state index in [0.717, 1.165) is 17.9 Å². The maximum absolute atomic E-state index is 12.5. The Balaban J connectivity index is 1.97. The third-order valence-corrected chi connectivity index (χ3v) is 6.38. The second kappa shape index (κ2) is 7.97. The summed E-state index contributed by atoms with van der Waals surface area (Å²) in [6.45, 7) is 2.70. The molecule has 0 aliphatic carbocycles. The van der Waals surface area contributed by atoms with Crippen molar-refractivity contribution >= 4 is 27.5 Å². The minimum absolute atomic E-state index is 0.00574. The van der Waals surface area contributed by atoms with E-state index in [0.29, 0.717) is 18.7 Å². The summed E-state index contributed by atoms with van der Waals surface area (Å²) in [4.78, 5) is 18.5. The molecule has 1 aliphatic heterocycles. The van der Waals surface area contributed by atoms with Crippen LogP contribution in [0.3, 0.4) is 0 Å². The number of amides is 1. The third kappa shape index (κ3) is 4.98. The van der Waals surface area contributed by atoms with Crippen molar-refractivity contribution in [3.63, 3.8) is 0 Å². The van der Waals surface area contributed by atoms with Crippen LogP contribution in [0.25, 0.3) is 0 Å². The Morgan fingerprint density at radius 3 is 2.86 bits per heavy atom. The molecule has 122 valence electrons. The van der Waals surface area contributed by atoms with Gasteiger partial charge in [-0.3, -0.25) is 4.79 Å². The average molecular weight is 342 g/mol. The molecule has 0 saturated carbocycles. The molecular weight excluding hydrogens is 320 g/mol. The van der Waals surface area contributed by atoms with Crippen molar-refractivity contribution in [2.45, 2.75) is 37.3 Å². The molecule has 0 N–H and O–H groups in total. The molecule has 1 aromatic rings. The molecule has 5 nitrogen and oxygen atoms in total. The fourth-order valence-corrected chi connectivity index (χ4v) is 4.99. The number of unbranched alkanes of at least 4 members (excludes halogenated alkanes) is 1. The van der Waals surface area contributed by atoms with E-state index < -0.39 is 9.84 Å². The molecule has 1 fully saturated rings. The normalized spacial score (nSPS) is 20.0. The topological polar surface area (TPSA) is 67.3 Å². The Morgan fingerprint density at radius 1 is 1.45 bits per heavy atom. The monoisotopic (exact) mass is 342 g/mol. The summed E-state index contributed by atoms with van der Waals surface area (Å²) in [7, 11) is -2.98. The lowest BCUT2D eigenvalue weighted by Gasteiger charge is -2.28. The Labute approximate surface area is 136 Å². The first-order valence-electron chi connectivity index (χ1n) is 7.55.